The van der Waals surface area contributed by atoms with Crippen LogP contribution in [0.15, 0.2) is 60.0 Å². The molecular weight excluding hydrogens is 462 g/mol. The molecule has 2 aromatic carbocycles. The lowest BCUT2D eigenvalue weighted by atomic mass is 10.1. The molecule has 0 aliphatic carbocycles. The maximum atomic E-state index is 12.4. The van der Waals surface area contributed by atoms with Crippen LogP contribution in [-0.2, 0) is 16.2 Å². The quantitative estimate of drug-likeness (QED) is 0.414. The second-order valence-electron chi connectivity index (χ2n) is 7.37. The monoisotopic (exact) mass is 485 g/mol. The second-order valence-corrected chi connectivity index (χ2v) is 8.76. The smallest absolute Gasteiger partial charge is 0.269 e. The number of aryl methyl sites for hydroxylation is 1. The van der Waals surface area contributed by atoms with E-state index in [-0.39, 0.29) is 12.3 Å². The standard InChI is InChI=1S/C24H24ClN3O4S/c1-15-12-19(9-10-20(15)25)32-14-17-5-7-18(8-6-17)24(31)28-27-23(30)13-21(26-16(2)29)22-4-3-11-33-22/h3-12,21H,13-14H2,1-2H3,(H,26,29)(H,27,30)(H,28,31). The van der Waals surface area contributed by atoms with Crippen molar-refractivity contribution in [2.24, 2.45) is 0 Å². The van der Waals surface area contributed by atoms with Crippen molar-refractivity contribution < 1.29 is 19.1 Å². The van der Waals surface area contributed by atoms with Gasteiger partial charge < -0.3 is 10.1 Å². The van der Waals surface area contributed by atoms with Crippen LogP contribution in [0.5, 0.6) is 5.75 Å². The Balaban J connectivity index is 1.49. The Morgan fingerprint density at radius 2 is 1.82 bits per heavy atom. The van der Waals surface area contributed by atoms with E-state index in [1.165, 1.54) is 18.3 Å². The molecule has 7 nitrogen and oxygen atoms in total. The summed E-state index contributed by atoms with van der Waals surface area (Å²) in [6.07, 6.45) is 0.000816. The molecular formula is C24H24ClN3O4S. The Labute approximate surface area is 201 Å². The minimum atomic E-state index is -0.455. The Morgan fingerprint density at radius 3 is 2.45 bits per heavy atom. The highest BCUT2D eigenvalue weighted by Gasteiger charge is 2.18. The summed E-state index contributed by atoms with van der Waals surface area (Å²) in [7, 11) is 0. The molecule has 3 amide bonds. The van der Waals surface area contributed by atoms with Crippen LogP contribution in [0.25, 0.3) is 0 Å². The number of rotatable bonds is 8. The molecule has 1 heterocycles. The molecule has 1 aromatic heterocycles. The van der Waals surface area contributed by atoms with E-state index in [1.54, 1.807) is 36.4 Å². The number of hydrazine groups is 1. The Hall–Kier alpha value is -3.36. The summed E-state index contributed by atoms with van der Waals surface area (Å²) in [5.41, 5.74) is 7.00. The molecule has 0 aliphatic rings. The molecule has 172 valence electrons. The molecule has 0 bridgehead atoms. The van der Waals surface area contributed by atoms with Crippen molar-refractivity contribution >= 4 is 40.7 Å². The minimum Gasteiger partial charge on any atom is -0.489 e. The first-order chi connectivity index (χ1) is 15.8. The summed E-state index contributed by atoms with van der Waals surface area (Å²) in [6, 6.07) is 15.5. The number of amides is 3. The fraction of sp³-hybridized carbons (Fsp3) is 0.208. The molecule has 0 saturated heterocycles. The summed E-state index contributed by atoms with van der Waals surface area (Å²) < 4.78 is 5.76. The van der Waals surface area contributed by atoms with Crippen LogP contribution >= 0.6 is 22.9 Å². The predicted octanol–water partition coefficient (Wildman–Crippen LogP) is 4.32. The van der Waals surface area contributed by atoms with Crippen molar-refractivity contribution in [3.63, 3.8) is 0 Å². The summed E-state index contributed by atoms with van der Waals surface area (Å²) in [5.74, 6) is -0.392. The minimum absolute atomic E-state index is 0.000816. The first-order valence-electron chi connectivity index (χ1n) is 10.2. The topological polar surface area (TPSA) is 96.5 Å². The molecule has 3 aromatic rings. The van der Waals surface area contributed by atoms with E-state index in [9.17, 15) is 14.4 Å². The molecule has 0 fully saturated rings. The van der Waals surface area contributed by atoms with Gasteiger partial charge >= 0.3 is 0 Å². The molecule has 1 unspecified atom stereocenters. The molecule has 0 spiro atoms. The van der Waals surface area contributed by atoms with Crippen LogP contribution in [0.4, 0.5) is 0 Å². The van der Waals surface area contributed by atoms with Gasteiger partial charge in [0.05, 0.1) is 12.5 Å². The average Bonchev–Trinajstić information content (AvgIpc) is 3.33. The number of carbonyl (C=O) groups is 3. The van der Waals surface area contributed by atoms with Crippen LogP contribution < -0.4 is 20.9 Å². The molecule has 9 heteroatoms. The van der Waals surface area contributed by atoms with Gasteiger partial charge in [0, 0.05) is 22.4 Å². The van der Waals surface area contributed by atoms with Crippen molar-refractivity contribution in [3.05, 3.63) is 86.6 Å². The summed E-state index contributed by atoms with van der Waals surface area (Å²) in [4.78, 5) is 37.0. The molecule has 0 radical (unpaired) electrons. The molecule has 33 heavy (non-hydrogen) atoms. The lowest BCUT2D eigenvalue weighted by molar-refractivity contribution is -0.123. The summed E-state index contributed by atoms with van der Waals surface area (Å²) >= 11 is 7.47. The third kappa shape index (κ3) is 7.34. The zero-order chi connectivity index (χ0) is 23.8. The highest BCUT2D eigenvalue weighted by molar-refractivity contribution is 7.10. The van der Waals surface area contributed by atoms with E-state index >= 15 is 0 Å². The number of hydrogen-bond donors (Lipinski definition) is 3. The number of carbonyl (C=O) groups excluding carboxylic acids is 3. The SMILES string of the molecule is CC(=O)NC(CC(=O)NNC(=O)c1ccc(COc2ccc(Cl)c(C)c2)cc1)c1cccs1. The number of nitrogens with one attached hydrogen (secondary N) is 3. The molecule has 1 atom stereocenters. The van der Waals surface area contributed by atoms with Gasteiger partial charge in [0.2, 0.25) is 11.8 Å². The normalized spacial score (nSPS) is 11.4. The van der Waals surface area contributed by atoms with Gasteiger partial charge in [0.25, 0.3) is 5.91 Å². The van der Waals surface area contributed by atoms with Crippen molar-refractivity contribution in [3.8, 4) is 5.75 Å². The van der Waals surface area contributed by atoms with Gasteiger partial charge in [-0.05, 0) is 59.8 Å². The number of hydrogen-bond acceptors (Lipinski definition) is 5. The van der Waals surface area contributed by atoms with Crippen LogP contribution in [0.2, 0.25) is 5.02 Å². The summed E-state index contributed by atoms with van der Waals surface area (Å²) in [6.45, 7) is 3.64. The first-order valence-corrected chi connectivity index (χ1v) is 11.4. The van der Waals surface area contributed by atoms with Gasteiger partial charge in [0.1, 0.15) is 12.4 Å². The molecule has 0 saturated carbocycles. The van der Waals surface area contributed by atoms with E-state index in [4.69, 9.17) is 16.3 Å². The number of ether oxygens (including phenoxy) is 1. The molecule has 0 aliphatic heterocycles. The van der Waals surface area contributed by atoms with Gasteiger partial charge in [-0.1, -0.05) is 29.8 Å². The van der Waals surface area contributed by atoms with E-state index in [1.807, 2.05) is 30.5 Å². The predicted molar refractivity (Wildman–Crippen MR) is 128 cm³/mol. The fourth-order valence-corrected chi connectivity index (χ4v) is 3.91. The zero-order valence-corrected chi connectivity index (χ0v) is 19.8. The largest absolute Gasteiger partial charge is 0.489 e. The van der Waals surface area contributed by atoms with E-state index in [0.29, 0.717) is 22.9 Å². The second kappa shape index (κ2) is 11.5. The highest BCUT2D eigenvalue weighted by atomic mass is 35.5. The van der Waals surface area contributed by atoms with Crippen molar-refractivity contribution in [2.75, 3.05) is 0 Å². The number of benzene rings is 2. The molecule has 3 N–H and O–H groups in total. The van der Waals surface area contributed by atoms with E-state index in [2.05, 4.69) is 16.2 Å². The van der Waals surface area contributed by atoms with Gasteiger partial charge in [0.15, 0.2) is 0 Å². The van der Waals surface area contributed by atoms with Crippen molar-refractivity contribution in [1.29, 1.82) is 0 Å². The highest BCUT2D eigenvalue weighted by Crippen LogP contribution is 2.23. The Morgan fingerprint density at radius 1 is 1.06 bits per heavy atom. The Kier molecular flexibility index (Phi) is 8.46. The van der Waals surface area contributed by atoms with Crippen LogP contribution in [0, 0.1) is 6.92 Å². The fourth-order valence-electron chi connectivity index (χ4n) is 3.02. The van der Waals surface area contributed by atoms with E-state index in [0.717, 1.165) is 16.0 Å². The third-order valence-corrected chi connectivity index (χ3v) is 6.13. The number of thiophene rings is 1. The van der Waals surface area contributed by atoms with Crippen molar-refractivity contribution in [1.82, 2.24) is 16.2 Å². The van der Waals surface area contributed by atoms with Gasteiger partial charge in [-0.25, -0.2) is 0 Å². The van der Waals surface area contributed by atoms with E-state index < -0.39 is 17.9 Å². The lowest BCUT2D eigenvalue weighted by Crippen LogP contribution is -2.43. The maximum absolute atomic E-state index is 12.4. The van der Waals surface area contributed by atoms with Gasteiger partial charge in [-0.3, -0.25) is 25.2 Å². The first kappa shape index (κ1) is 24.3. The Bertz CT molecular complexity index is 1120. The summed E-state index contributed by atoms with van der Waals surface area (Å²) in [5, 5.41) is 5.30. The van der Waals surface area contributed by atoms with Gasteiger partial charge in [-0.2, -0.15) is 0 Å². The average molecular weight is 486 g/mol. The van der Waals surface area contributed by atoms with Gasteiger partial charge in [-0.15, -0.1) is 11.3 Å². The number of halogens is 1. The lowest BCUT2D eigenvalue weighted by Gasteiger charge is -2.16. The van der Waals surface area contributed by atoms with Crippen molar-refractivity contribution in [2.45, 2.75) is 32.9 Å². The van der Waals surface area contributed by atoms with Crippen LogP contribution in [0.1, 0.15) is 45.7 Å². The van der Waals surface area contributed by atoms with Crippen LogP contribution in [0.3, 0.4) is 0 Å². The van der Waals surface area contributed by atoms with Crippen LogP contribution in [-0.4, -0.2) is 17.7 Å². The molecule has 3 rings (SSSR count). The zero-order valence-electron chi connectivity index (χ0n) is 18.2. The third-order valence-electron chi connectivity index (χ3n) is 4.72. The maximum Gasteiger partial charge on any atom is 0.269 e.